The molecule has 0 bridgehead atoms. The molecule has 7 nitrogen and oxygen atoms in total. The van der Waals surface area contributed by atoms with E-state index in [4.69, 9.17) is 17.3 Å². The third-order valence-corrected chi connectivity index (χ3v) is 4.54. The van der Waals surface area contributed by atoms with Gasteiger partial charge in [0.15, 0.2) is 5.69 Å². The average molecular weight is 400 g/mol. The molecular formula is C20H22ClN5O2. The number of aromatic nitrogens is 3. The number of amides is 2. The van der Waals surface area contributed by atoms with Crippen molar-refractivity contribution in [2.75, 3.05) is 0 Å². The minimum Gasteiger partial charge on any atom is -0.368 e. The molecule has 0 aliphatic rings. The van der Waals surface area contributed by atoms with Crippen LogP contribution in [0, 0.1) is 5.41 Å². The van der Waals surface area contributed by atoms with Gasteiger partial charge in [0.05, 0.1) is 5.69 Å². The summed E-state index contributed by atoms with van der Waals surface area (Å²) in [4.78, 5) is 24.6. The van der Waals surface area contributed by atoms with Gasteiger partial charge in [0.1, 0.15) is 11.9 Å². The van der Waals surface area contributed by atoms with Crippen LogP contribution in [0.1, 0.15) is 31.3 Å². The Morgan fingerprint density at radius 3 is 2.29 bits per heavy atom. The molecule has 0 aliphatic heterocycles. The lowest BCUT2D eigenvalue weighted by molar-refractivity contribution is -0.122. The molecule has 1 aromatic carbocycles. The van der Waals surface area contributed by atoms with Crippen LogP contribution in [0.25, 0.3) is 11.5 Å². The molecule has 1 atom stereocenters. The second-order valence-corrected chi connectivity index (χ2v) is 7.98. The molecule has 3 aromatic rings. The van der Waals surface area contributed by atoms with Crippen LogP contribution in [0.3, 0.4) is 0 Å². The van der Waals surface area contributed by atoms with Crippen molar-refractivity contribution in [1.29, 1.82) is 0 Å². The Labute approximate surface area is 168 Å². The highest BCUT2D eigenvalue weighted by Gasteiger charge is 2.32. The van der Waals surface area contributed by atoms with Crippen LogP contribution in [0.2, 0.25) is 5.02 Å². The van der Waals surface area contributed by atoms with E-state index < -0.39 is 23.3 Å². The molecule has 0 saturated heterocycles. The lowest BCUT2D eigenvalue weighted by atomic mass is 9.86. The molecule has 0 radical (unpaired) electrons. The van der Waals surface area contributed by atoms with Gasteiger partial charge >= 0.3 is 0 Å². The smallest absolute Gasteiger partial charge is 0.272 e. The van der Waals surface area contributed by atoms with E-state index in [1.807, 2.05) is 62.0 Å². The number of hydrogen-bond acceptors (Lipinski definition) is 3. The minimum atomic E-state index is -0.823. The first-order valence-corrected chi connectivity index (χ1v) is 9.14. The first-order valence-electron chi connectivity index (χ1n) is 8.76. The predicted octanol–water partition coefficient (Wildman–Crippen LogP) is 2.95. The molecule has 2 aromatic heterocycles. The summed E-state index contributed by atoms with van der Waals surface area (Å²) in [6, 6.07) is 11.7. The van der Waals surface area contributed by atoms with Gasteiger partial charge < -0.3 is 15.6 Å². The van der Waals surface area contributed by atoms with E-state index in [-0.39, 0.29) is 5.69 Å². The van der Waals surface area contributed by atoms with E-state index in [2.05, 4.69) is 10.4 Å². The van der Waals surface area contributed by atoms with Gasteiger partial charge in [-0.25, -0.2) is 4.68 Å². The van der Waals surface area contributed by atoms with E-state index in [0.29, 0.717) is 10.8 Å². The highest BCUT2D eigenvalue weighted by Crippen LogP contribution is 2.21. The zero-order valence-electron chi connectivity index (χ0n) is 15.9. The van der Waals surface area contributed by atoms with Crippen molar-refractivity contribution < 1.29 is 9.59 Å². The molecule has 0 spiro atoms. The summed E-state index contributed by atoms with van der Waals surface area (Å²) in [5.41, 5.74) is 5.87. The maximum atomic E-state index is 12.8. The Kier molecular flexibility index (Phi) is 5.29. The minimum absolute atomic E-state index is 0.175. The van der Waals surface area contributed by atoms with Crippen molar-refractivity contribution in [1.82, 2.24) is 19.7 Å². The number of nitrogens with zero attached hydrogens (tertiary/aromatic N) is 3. The number of carbonyl (C=O) groups excluding carboxylic acids is 2. The fraction of sp³-hybridized carbons (Fsp3) is 0.250. The highest BCUT2D eigenvalue weighted by molar-refractivity contribution is 6.30. The van der Waals surface area contributed by atoms with Crippen LogP contribution in [-0.2, 0) is 4.79 Å². The molecule has 3 N–H and O–H groups in total. The molecule has 0 fully saturated rings. The quantitative estimate of drug-likeness (QED) is 0.690. The van der Waals surface area contributed by atoms with Gasteiger partial charge in [-0.2, -0.15) is 5.10 Å². The number of carbonyl (C=O) groups is 2. The Bertz CT molecular complexity index is 985. The second-order valence-electron chi connectivity index (χ2n) is 7.54. The number of nitrogens with one attached hydrogen (secondary N) is 1. The number of hydrogen-bond donors (Lipinski definition) is 2. The van der Waals surface area contributed by atoms with Crippen molar-refractivity contribution in [2.24, 2.45) is 11.1 Å². The SMILES string of the molecule is CC(C)(C)[C@H](NC(=O)c1cc(-n2cccc2)n(-c2ccc(Cl)cc2)n1)C(N)=O. The van der Waals surface area contributed by atoms with E-state index in [1.54, 1.807) is 22.9 Å². The number of nitrogens with two attached hydrogens (primary N) is 1. The van der Waals surface area contributed by atoms with Crippen molar-refractivity contribution in [2.45, 2.75) is 26.8 Å². The highest BCUT2D eigenvalue weighted by atomic mass is 35.5. The molecule has 0 unspecified atom stereocenters. The third kappa shape index (κ3) is 4.09. The van der Waals surface area contributed by atoms with E-state index in [9.17, 15) is 9.59 Å². The Balaban J connectivity index is 2.01. The van der Waals surface area contributed by atoms with Gasteiger partial charge in [-0.1, -0.05) is 32.4 Å². The van der Waals surface area contributed by atoms with Crippen LogP contribution in [-0.4, -0.2) is 32.2 Å². The normalized spacial score (nSPS) is 12.6. The van der Waals surface area contributed by atoms with Crippen LogP contribution in [0.5, 0.6) is 0 Å². The standard InChI is InChI=1S/C20H22ClN5O2/c1-20(2,3)17(18(22)27)23-19(28)15-12-16(25-10-4-5-11-25)26(24-15)14-8-6-13(21)7-9-14/h4-12,17H,1-3H3,(H2,22,27)(H,23,28)/t17-/m1/s1. The van der Waals surface area contributed by atoms with Gasteiger partial charge in [0.25, 0.3) is 5.91 Å². The predicted molar refractivity (Wildman–Crippen MR) is 108 cm³/mol. The maximum Gasteiger partial charge on any atom is 0.272 e. The molecule has 8 heteroatoms. The molecular weight excluding hydrogens is 378 g/mol. The fourth-order valence-electron chi connectivity index (χ4n) is 2.85. The number of halogens is 1. The molecule has 2 amide bonds. The second kappa shape index (κ2) is 7.52. The van der Waals surface area contributed by atoms with Crippen LogP contribution >= 0.6 is 11.6 Å². The van der Waals surface area contributed by atoms with Gasteiger partial charge in [0.2, 0.25) is 5.91 Å². The van der Waals surface area contributed by atoms with Crippen molar-refractivity contribution >= 4 is 23.4 Å². The molecule has 2 heterocycles. The number of benzene rings is 1. The van der Waals surface area contributed by atoms with Crippen LogP contribution in [0.15, 0.2) is 54.9 Å². The van der Waals surface area contributed by atoms with E-state index in [0.717, 1.165) is 5.69 Å². The van der Waals surface area contributed by atoms with Crippen molar-refractivity contribution in [3.8, 4) is 11.5 Å². The summed E-state index contributed by atoms with van der Waals surface area (Å²) >= 11 is 5.98. The van der Waals surface area contributed by atoms with E-state index in [1.165, 1.54) is 0 Å². The van der Waals surface area contributed by atoms with Gasteiger partial charge in [-0.3, -0.25) is 9.59 Å². The number of rotatable bonds is 5. The van der Waals surface area contributed by atoms with Gasteiger partial charge in [-0.15, -0.1) is 0 Å². The zero-order valence-corrected chi connectivity index (χ0v) is 16.6. The van der Waals surface area contributed by atoms with Gasteiger partial charge in [-0.05, 0) is 41.8 Å². The van der Waals surface area contributed by atoms with E-state index >= 15 is 0 Å². The summed E-state index contributed by atoms with van der Waals surface area (Å²) in [6.07, 6.45) is 3.71. The van der Waals surface area contributed by atoms with Gasteiger partial charge in [0, 0.05) is 23.5 Å². The van der Waals surface area contributed by atoms with Crippen molar-refractivity contribution in [3.05, 3.63) is 65.6 Å². The third-order valence-electron chi connectivity index (χ3n) is 4.29. The Hall–Kier alpha value is -3.06. The molecule has 0 aliphatic carbocycles. The molecule has 28 heavy (non-hydrogen) atoms. The Morgan fingerprint density at radius 1 is 1.14 bits per heavy atom. The summed E-state index contributed by atoms with van der Waals surface area (Å²) in [5, 5.41) is 7.75. The Morgan fingerprint density at radius 2 is 1.75 bits per heavy atom. The molecule has 3 rings (SSSR count). The largest absolute Gasteiger partial charge is 0.368 e. The lowest BCUT2D eigenvalue weighted by Crippen LogP contribution is -2.52. The maximum absolute atomic E-state index is 12.8. The van der Waals surface area contributed by atoms with Crippen LogP contribution in [0.4, 0.5) is 0 Å². The van der Waals surface area contributed by atoms with Crippen molar-refractivity contribution in [3.63, 3.8) is 0 Å². The zero-order chi connectivity index (χ0) is 20.5. The monoisotopic (exact) mass is 399 g/mol. The average Bonchev–Trinajstić information content (AvgIpc) is 3.28. The summed E-state index contributed by atoms with van der Waals surface area (Å²) < 4.78 is 3.48. The first-order chi connectivity index (χ1) is 13.2. The topological polar surface area (TPSA) is 94.9 Å². The summed E-state index contributed by atoms with van der Waals surface area (Å²) in [7, 11) is 0. The summed E-state index contributed by atoms with van der Waals surface area (Å²) in [5.74, 6) is -0.396. The number of primary amides is 1. The molecule has 0 saturated carbocycles. The van der Waals surface area contributed by atoms with Crippen LogP contribution < -0.4 is 11.1 Å². The fourth-order valence-corrected chi connectivity index (χ4v) is 2.97. The lowest BCUT2D eigenvalue weighted by Gasteiger charge is -2.28. The molecule has 146 valence electrons. The first kappa shape index (κ1) is 19.7. The summed E-state index contributed by atoms with van der Waals surface area (Å²) in [6.45, 7) is 5.50.